The summed E-state index contributed by atoms with van der Waals surface area (Å²) in [5.74, 6) is 1.81. The molecule has 0 aromatic rings. The molecule has 0 radical (unpaired) electrons. The minimum atomic E-state index is 0.463. The van der Waals surface area contributed by atoms with Crippen LogP contribution in [-0.4, -0.2) is 37.6 Å². The first kappa shape index (κ1) is 17.3. The van der Waals surface area contributed by atoms with Crippen molar-refractivity contribution in [3.8, 4) is 0 Å². The highest BCUT2D eigenvalue weighted by Crippen LogP contribution is 2.39. The number of hydrogen-bond donors (Lipinski definition) is 1. The van der Waals surface area contributed by atoms with Crippen LogP contribution in [0.5, 0.6) is 0 Å². The van der Waals surface area contributed by atoms with Gasteiger partial charge in [-0.1, -0.05) is 46.5 Å². The molecule has 0 spiro atoms. The van der Waals surface area contributed by atoms with Crippen molar-refractivity contribution < 1.29 is 0 Å². The smallest absolute Gasteiger partial charge is 0.0159 e. The minimum absolute atomic E-state index is 0.463. The summed E-state index contributed by atoms with van der Waals surface area (Å²) in [6, 6.07) is 0.699. The second kappa shape index (κ2) is 7.97. The highest BCUT2D eigenvalue weighted by atomic mass is 15.1. The minimum Gasteiger partial charge on any atom is -0.313 e. The van der Waals surface area contributed by atoms with Gasteiger partial charge in [-0.3, -0.25) is 0 Å². The topological polar surface area (TPSA) is 15.3 Å². The summed E-state index contributed by atoms with van der Waals surface area (Å²) in [5.41, 5.74) is 0.463. The molecule has 2 unspecified atom stereocenters. The molecular weight excluding hydrogens is 256 g/mol. The monoisotopic (exact) mass is 294 g/mol. The first-order valence-corrected chi connectivity index (χ1v) is 9.45. The van der Waals surface area contributed by atoms with E-state index >= 15 is 0 Å². The zero-order valence-corrected chi connectivity index (χ0v) is 15.0. The van der Waals surface area contributed by atoms with Crippen LogP contribution in [0, 0.1) is 17.3 Å². The summed E-state index contributed by atoms with van der Waals surface area (Å²) in [4.78, 5) is 2.65. The molecule has 2 aliphatic rings. The molecule has 0 aromatic carbocycles. The average Bonchev–Trinajstić information content (AvgIpc) is 2.43. The predicted molar refractivity (Wildman–Crippen MR) is 92.7 cm³/mol. The third kappa shape index (κ3) is 4.96. The highest BCUT2D eigenvalue weighted by molar-refractivity contribution is 4.94. The van der Waals surface area contributed by atoms with Crippen molar-refractivity contribution in [1.82, 2.24) is 10.2 Å². The van der Waals surface area contributed by atoms with Gasteiger partial charge in [0, 0.05) is 19.1 Å². The fraction of sp³-hybridized carbons (Fsp3) is 1.00. The third-order valence-electron chi connectivity index (χ3n) is 5.97. The Kier molecular flexibility index (Phi) is 6.55. The van der Waals surface area contributed by atoms with Crippen LogP contribution in [0.15, 0.2) is 0 Å². The Labute approximate surface area is 133 Å². The zero-order chi connectivity index (χ0) is 15.3. The summed E-state index contributed by atoms with van der Waals surface area (Å²) in [6.07, 6.45) is 11.6. The molecule has 2 saturated carbocycles. The molecule has 2 atom stereocenters. The summed E-state index contributed by atoms with van der Waals surface area (Å²) in [7, 11) is 2.36. The zero-order valence-electron chi connectivity index (χ0n) is 15.0. The van der Waals surface area contributed by atoms with Gasteiger partial charge >= 0.3 is 0 Å². The Bertz CT molecular complexity index is 294. The van der Waals surface area contributed by atoms with E-state index < -0.39 is 0 Å². The fourth-order valence-electron chi connectivity index (χ4n) is 4.93. The van der Waals surface area contributed by atoms with Crippen molar-refractivity contribution in [2.24, 2.45) is 17.3 Å². The summed E-state index contributed by atoms with van der Waals surface area (Å²) < 4.78 is 0. The van der Waals surface area contributed by atoms with E-state index in [-0.39, 0.29) is 0 Å². The highest BCUT2D eigenvalue weighted by Gasteiger charge is 2.38. The van der Waals surface area contributed by atoms with Gasteiger partial charge in [-0.25, -0.2) is 0 Å². The average molecular weight is 295 g/mol. The Morgan fingerprint density at radius 3 is 2.38 bits per heavy atom. The van der Waals surface area contributed by atoms with Crippen LogP contribution >= 0.6 is 0 Å². The van der Waals surface area contributed by atoms with E-state index in [9.17, 15) is 0 Å². The maximum absolute atomic E-state index is 3.81. The van der Waals surface area contributed by atoms with Crippen molar-refractivity contribution in [2.45, 2.75) is 78.2 Å². The normalized spacial score (nSPS) is 30.7. The molecule has 0 aromatic heterocycles. The van der Waals surface area contributed by atoms with E-state index in [1.807, 2.05) is 0 Å². The Hall–Kier alpha value is -0.0800. The van der Waals surface area contributed by atoms with E-state index in [1.165, 1.54) is 64.5 Å². The maximum Gasteiger partial charge on any atom is 0.0159 e. The first-order chi connectivity index (χ1) is 10.0. The van der Waals surface area contributed by atoms with E-state index in [2.05, 4.69) is 38.0 Å². The Morgan fingerprint density at radius 2 is 1.71 bits per heavy atom. The molecule has 2 nitrogen and oxygen atoms in total. The molecule has 21 heavy (non-hydrogen) atoms. The van der Waals surface area contributed by atoms with Crippen LogP contribution in [0.1, 0.15) is 72.1 Å². The van der Waals surface area contributed by atoms with Gasteiger partial charge < -0.3 is 10.2 Å². The predicted octanol–water partition coefficient (Wildman–Crippen LogP) is 4.30. The van der Waals surface area contributed by atoms with Gasteiger partial charge in [0.25, 0.3) is 0 Å². The van der Waals surface area contributed by atoms with Gasteiger partial charge in [0.15, 0.2) is 0 Å². The first-order valence-electron chi connectivity index (χ1n) is 9.45. The third-order valence-corrected chi connectivity index (χ3v) is 5.97. The summed E-state index contributed by atoms with van der Waals surface area (Å²) in [5, 5.41) is 3.81. The number of hydrogen-bond acceptors (Lipinski definition) is 2. The molecule has 1 N–H and O–H groups in total. The van der Waals surface area contributed by atoms with Crippen molar-refractivity contribution in [1.29, 1.82) is 0 Å². The van der Waals surface area contributed by atoms with Gasteiger partial charge in [0.05, 0.1) is 0 Å². The number of nitrogens with one attached hydrogen (secondary N) is 1. The fourth-order valence-corrected chi connectivity index (χ4v) is 4.93. The largest absolute Gasteiger partial charge is 0.313 e. The number of rotatable bonds is 6. The van der Waals surface area contributed by atoms with Crippen molar-refractivity contribution in [3.05, 3.63) is 0 Å². The van der Waals surface area contributed by atoms with E-state index in [0.717, 1.165) is 18.4 Å². The Morgan fingerprint density at radius 1 is 1.00 bits per heavy atom. The molecular formula is C19H38N2. The lowest BCUT2D eigenvalue weighted by molar-refractivity contribution is 0.0804. The molecule has 0 amide bonds. The Balaban J connectivity index is 1.86. The quantitative estimate of drug-likeness (QED) is 0.785. The van der Waals surface area contributed by atoms with Crippen molar-refractivity contribution in [2.75, 3.05) is 26.7 Å². The van der Waals surface area contributed by atoms with E-state index in [1.54, 1.807) is 0 Å². The molecule has 2 heteroatoms. The summed E-state index contributed by atoms with van der Waals surface area (Å²) in [6.45, 7) is 10.9. The van der Waals surface area contributed by atoms with Gasteiger partial charge in [-0.15, -0.1) is 0 Å². The van der Waals surface area contributed by atoms with Crippen LogP contribution < -0.4 is 5.32 Å². The van der Waals surface area contributed by atoms with Crippen LogP contribution in [0.4, 0.5) is 0 Å². The SMILES string of the molecule is CCNC1C(CN(C)CC2CCCCC2)CCCC1(C)C. The standard InChI is InChI=1S/C19H38N2/c1-5-20-18-17(12-9-13-19(18,2)3)15-21(4)14-16-10-7-6-8-11-16/h16-18,20H,5-15H2,1-4H3. The molecule has 0 bridgehead atoms. The maximum atomic E-state index is 3.81. The molecule has 0 heterocycles. The van der Waals surface area contributed by atoms with Crippen molar-refractivity contribution in [3.63, 3.8) is 0 Å². The number of nitrogens with zero attached hydrogens (tertiary/aromatic N) is 1. The van der Waals surface area contributed by atoms with Crippen LogP contribution in [0.3, 0.4) is 0 Å². The lowest BCUT2D eigenvalue weighted by atomic mass is 9.67. The van der Waals surface area contributed by atoms with Crippen molar-refractivity contribution >= 4 is 0 Å². The lowest BCUT2D eigenvalue weighted by Gasteiger charge is -2.46. The van der Waals surface area contributed by atoms with Crippen LogP contribution in [0.2, 0.25) is 0 Å². The van der Waals surface area contributed by atoms with E-state index in [0.29, 0.717) is 11.5 Å². The van der Waals surface area contributed by atoms with Gasteiger partial charge in [0.1, 0.15) is 0 Å². The molecule has 2 fully saturated rings. The summed E-state index contributed by atoms with van der Waals surface area (Å²) >= 11 is 0. The molecule has 124 valence electrons. The molecule has 0 aliphatic heterocycles. The lowest BCUT2D eigenvalue weighted by Crippen LogP contribution is -2.52. The molecule has 2 rings (SSSR count). The second-order valence-corrected chi connectivity index (χ2v) is 8.40. The van der Waals surface area contributed by atoms with Gasteiger partial charge in [-0.05, 0) is 56.5 Å². The van der Waals surface area contributed by atoms with Gasteiger partial charge in [-0.2, -0.15) is 0 Å². The van der Waals surface area contributed by atoms with E-state index in [4.69, 9.17) is 0 Å². The second-order valence-electron chi connectivity index (χ2n) is 8.40. The van der Waals surface area contributed by atoms with Crippen LogP contribution in [-0.2, 0) is 0 Å². The van der Waals surface area contributed by atoms with Crippen LogP contribution in [0.25, 0.3) is 0 Å². The van der Waals surface area contributed by atoms with Gasteiger partial charge in [0.2, 0.25) is 0 Å². The molecule has 0 saturated heterocycles. The molecule has 2 aliphatic carbocycles.